The van der Waals surface area contributed by atoms with E-state index in [0.29, 0.717) is 11.5 Å². The predicted octanol–water partition coefficient (Wildman–Crippen LogP) is 3.45. The largest absolute Gasteiger partial charge is 0.484 e. The standard InChI is InChI=1S/C22H21NO5S/c24-22(23-15-16-29(25,26)21-9-5-2-6-10-21)17-27-18-11-13-20(14-12-18)28-19-7-3-1-4-8-19/h1-14H,15-17H2,(H,23,24). The summed E-state index contributed by atoms with van der Waals surface area (Å²) in [6, 6.07) is 24.4. The van der Waals surface area contributed by atoms with Gasteiger partial charge in [-0.05, 0) is 48.5 Å². The predicted molar refractivity (Wildman–Crippen MR) is 110 cm³/mol. The minimum atomic E-state index is -3.42. The average molecular weight is 411 g/mol. The van der Waals surface area contributed by atoms with Crippen molar-refractivity contribution < 1.29 is 22.7 Å². The lowest BCUT2D eigenvalue weighted by Crippen LogP contribution is -2.32. The smallest absolute Gasteiger partial charge is 0.257 e. The molecular formula is C22H21NO5S. The van der Waals surface area contributed by atoms with Crippen molar-refractivity contribution in [3.05, 3.63) is 84.9 Å². The first-order valence-electron chi connectivity index (χ1n) is 9.03. The lowest BCUT2D eigenvalue weighted by Gasteiger charge is -2.09. The Kier molecular flexibility index (Phi) is 6.86. The highest BCUT2D eigenvalue weighted by atomic mass is 32.2. The highest BCUT2D eigenvalue weighted by Crippen LogP contribution is 2.23. The van der Waals surface area contributed by atoms with Crippen LogP contribution in [0.15, 0.2) is 89.8 Å². The Morgan fingerprint density at radius 2 is 1.31 bits per heavy atom. The van der Waals surface area contributed by atoms with Crippen molar-refractivity contribution in [2.75, 3.05) is 18.9 Å². The summed E-state index contributed by atoms with van der Waals surface area (Å²) in [6.07, 6.45) is 0. The number of carbonyl (C=O) groups excluding carboxylic acids is 1. The number of ether oxygens (including phenoxy) is 2. The van der Waals surface area contributed by atoms with Gasteiger partial charge in [-0.3, -0.25) is 4.79 Å². The second-order valence-corrected chi connectivity index (χ2v) is 8.27. The van der Waals surface area contributed by atoms with Crippen LogP contribution in [0.5, 0.6) is 17.2 Å². The topological polar surface area (TPSA) is 81.7 Å². The van der Waals surface area contributed by atoms with Crippen molar-refractivity contribution in [2.45, 2.75) is 4.90 Å². The van der Waals surface area contributed by atoms with E-state index in [0.717, 1.165) is 5.75 Å². The lowest BCUT2D eigenvalue weighted by atomic mass is 10.3. The molecule has 0 radical (unpaired) electrons. The molecule has 1 N–H and O–H groups in total. The van der Waals surface area contributed by atoms with Crippen molar-refractivity contribution in [3.63, 3.8) is 0 Å². The highest BCUT2D eigenvalue weighted by molar-refractivity contribution is 7.91. The summed E-state index contributed by atoms with van der Waals surface area (Å²) in [7, 11) is -3.42. The van der Waals surface area contributed by atoms with Gasteiger partial charge in [-0.15, -0.1) is 0 Å². The van der Waals surface area contributed by atoms with Gasteiger partial charge >= 0.3 is 0 Å². The summed E-state index contributed by atoms with van der Waals surface area (Å²) >= 11 is 0. The van der Waals surface area contributed by atoms with E-state index < -0.39 is 15.7 Å². The third-order valence-electron chi connectivity index (χ3n) is 3.97. The maximum absolute atomic E-state index is 12.2. The number of hydrogen-bond donors (Lipinski definition) is 1. The van der Waals surface area contributed by atoms with E-state index >= 15 is 0 Å². The number of amides is 1. The molecular weight excluding hydrogens is 390 g/mol. The Hall–Kier alpha value is -3.32. The van der Waals surface area contributed by atoms with Crippen LogP contribution in [0, 0.1) is 0 Å². The van der Waals surface area contributed by atoms with E-state index in [2.05, 4.69) is 5.32 Å². The van der Waals surface area contributed by atoms with Crippen LogP contribution in [0.1, 0.15) is 0 Å². The fourth-order valence-electron chi connectivity index (χ4n) is 2.50. The van der Waals surface area contributed by atoms with Gasteiger partial charge in [0.2, 0.25) is 0 Å². The van der Waals surface area contributed by atoms with Crippen LogP contribution in [0.3, 0.4) is 0 Å². The molecule has 3 rings (SSSR count). The van der Waals surface area contributed by atoms with Crippen LogP contribution in [-0.2, 0) is 14.6 Å². The van der Waals surface area contributed by atoms with E-state index in [4.69, 9.17) is 9.47 Å². The number of sulfone groups is 1. The van der Waals surface area contributed by atoms with E-state index in [1.165, 1.54) is 12.1 Å². The molecule has 7 heteroatoms. The maximum Gasteiger partial charge on any atom is 0.257 e. The number of nitrogens with one attached hydrogen (secondary N) is 1. The average Bonchev–Trinajstić information content (AvgIpc) is 2.74. The summed E-state index contributed by atoms with van der Waals surface area (Å²) < 4.78 is 35.4. The molecule has 0 atom stereocenters. The third-order valence-corrected chi connectivity index (χ3v) is 5.70. The second kappa shape index (κ2) is 9.75. The molecule has 0 unspecified atom stereocenters. The Labute approximate surface area is 170 Å². The molecule has 0 aliphatic carbocycles. The van der Waals surface area contributed by atoms with E-state index in [1.807, 2.05) is 30.3 Å². The minimum absolute atomic E-state index is 0.0171. The molecule has 0 heterocycles. The van der Waals surface area contributed by atoms with Gasteiger partial charge in [-0.25, -0.2) is 8.42 Å². The zero-order valence-corrected chi connectivity index (χ0v) is 16.5. The van der Waals surface area contributed by atoms with Crippen LogP contribution in [-0.4, -0.2) is 33.2 Å². The SMILES string of the molecule is O=C(COc1ccc(Oc2ccccc2)cc1)NCCS(=O)(=O)c1ccccc1. The molecule has 0 aliphatic heterocycles. The van der Waals surface area contributed by atoms with Gasteiger partial charge in [0.1, 0.15) is 17.2 Å². The minimum Gasteiger partial charge on any atom is -0.484 e. The first-order chi connectivity index (χ1) is 14.0. The molecule has 0 spiro atoms. The molecule has 0 aromatic heterocycles. The van der Waals surface area contributed by atoms with Gasteiger partial charge in [0.15, 0.2) is 16.4 Å². The van der Waals surface area contributed by atoms with Crippen LogP contribution >= 0.6 is 0 Å². The number of hydrogen-bond acceptors (Lipinski definition) is 5. The fourth-order valence-corrected chi connectivity index (χ4v) is 3.68. The van der Waals surface area contributed by atoms with Gasteiger partial charge in [0.05, 0.1) is 10.6 Å². The number of benzene rings is 3. The monoisotopic (exact) mass is 411 g/mol. The van der Waals surface area contributed by atoms with Crippen LogP contribution < -0.4 is 14.8 Å². The fraction of sp³-hybridized carbons (Fsp3) is 0.136. The Bertz CT molecular complexity index is 1020. The quantitative estimate of drug-likeness (QED) is 0.583. The highest BCUT2D eigenvalue weighted by Gasteiger charge is 2.14. The molecule has 0 bridgehead atoms. The van der Waals surface area contributed by atoms with Crippen molar-refractivity contribution in [2.24, 2.45) is 0 Å². The van der Waals surface area contributed by atoms with Crippen molar-refractivity contribution >= 4 is 15.7 Å². The first kappa shape index (κ1) is 20.4. The van der Waals surface area contributed by atoms with Gasteiger partial charge in [-0.1, -0.05) is 36.4 Å². The Morgan fingerprint density at radius 3 is 1.97 bits per heavy atom. The first-order valence-corrected chi connectivity index (χ1v) is 10.7. The molecule has 3 aromatic rings. The Balaban J connectivity index is 1.41. The number of rotatable bonds is 9. The van der Waals surface area contributed by atoms with Gasteiger partial charge in [0, 0.05) is 6.54 Å². The molecule has 150 valence electrons. The van der Waals surface area contributed by atoms with E-state index in [9.17, 15) is 13.2 Å². The second-order valence-electron chi connectivity index (χ2n) is 6.16. The van der Waals surface area contributed by atoms with Gasteiger partial charge in [-0.2, -0.15) is 0 Å². The summed E-state index contributed by atoms with van der Waals surface area (Å²) in [5, 5.41) is 2.56. The normalized spacial score (nSPS) is 10.9. The van der Waals surface area contributed by atoms with Crippen molar-refractivity contribution in [1.82, 2.24) is 5.32 Å². The van der Waals surface area contributed by atoms with Crippen molar-refractivity contribution in [3.8, 4) is 17.2 Å². The molecule has 1 amide bonds. The molecule has 0 saturated heterocycles. The molecule has 0 saturated carbocycles. The molecule has 0 aliphatic rings. The van der Waals surface area contributed by atoms with Crippen LogP contribution in [0.25, 0.3) is 0 Å². The van der Waals surface area contributed by atoms with Crippen LogP contribution in [0.2, 0.25) is 0 Å². The van der Waals surface area contributed by atoms with Crippen molar-refractivity contribution in [1.29, 1.82) is 0 Å². The van der Waals surface area contributed by atoms with Gasteiger partial charge in [0.25, 0.3) is 5.91 Å². The summed E-state index contributed by atoms with van der Waals surface area (Å²) in [5.74, 6) is 1.33. The maximum atomic E-state index is 12.2. The summed E-state index contributed by atoms with van der Waals surface area (Å²) in [6.45, 7) is -0.187. The zero-order chi connectivity index (χ0) is 20.5. The molecule has 0 fully saturated rings. The molecule has 3 aromatic carbocycles. The zero-order valence-electron chi connectivity index (χ0n) is 15.7. The number of para-hydroxylation sites is 1. The number of carbonyl (C=O) groups is 1. The Morgan fingerprint density at radius 1 is 0.759 bits per heavy atom. The summed E-state index contributed by atoms with van der Waals surface area (Å²) in [4.78, 5) is 12.1. The lowest BCUT2D eigenvalue weighted by molar-refractivity contribution is -0.122. The van der Waals surface area contributed by atoms with E-state index in [-0.39, 0.29) is 23.8 Å². The summed E-state index contributed by atoms with van der Waals surface area (Å²) in [5.41, 5.74) is 0. The molecule has 29 heavy (non-hydrogen) atoms. The van der Waals surface area contributed by atoms with E-state index in [1.54, 1.807) is 42.5 Å². The van der Waals surface area contributed by atoms with Gasteiger partial charge < -0.3 is 14.8 Å². The third kappa shape index (κ3) is 6.36. The van der Waals surface area contributed by atoms with Crippen LogP contribution in [0.4, 0.5) is 0 Å². The molecule has 6 nitrogen and oxygen atoms in total.